The average Bonchev–Trinajstić information content (AvgIpc) is 2.84. The Labute approximate surface area is 136 Å². The molecule has 0 amide bonds. The second-order valence-corrected chi connectivity index (χ2v) is 5.84. The van der Waals surface area contributed by atoms with E-state index in [1.807, 2.05) is 73.1 Å². The quantitative estimate of drug-likeness (QED) is 0.589. The summed E-state index contributed by atoms with van der Waals surface area (Å²) < 4.78 is 2.00. The third-order valence-corrected chi connectivity index (χ3v) is 4.14. The van der Waals surface area contributed by atoms with E-state index in [-0.39, 0.29) is 5.78 Å². The highest BCUT2D eigenvalue weighted by atomic mass is 16.1. The van der Waals surface area contributed by atoms with E-state index in [4.69, 9.17) is 5.73 Å². The number of rotatable bonds is 4. The van der Waals surface area contributed by atoms with Crippen LogP contribution in [-0.2, 0) is 13.5 Å². The lowest BCUT2D eigenvalue weighted by atomic mass is 10.1. The van der Waals surface area contributed by atoms with E-state index in [0.717, 1.165) is 34.6 Å². The number of benzene rings is 2. The number of aryl methyl sites for hydroxylation is 1. The Morgan fingerprint density at radius 3 is 2.35 bits per heavy atom. The molecular weight excluding hydrogens is 284 g/mol. The van der Waals surface area contributed by atoms with Gasteiger partial charge in [0.05, 0.1) is 5.69 Å². The van der Waals surface area contributed by atoms with E-state index in [2.05, 4.69) is 6.07 Å². The molecule has 0 bridgehead atoms. The van der Waals surface area contributed by atoms with Gasteiger partial charge in [0, 0.05) is 30.4 Å². The van der Waals surface area contributed by atoms with E-state index in [1.165, 1.54) is 5.56 Å². The summed E-state index contributed by atoms with van der Waals surface area (Å²) in [6, 6.07) is 19.4. The first-order valence-electron chi connectivity index (χ1n) is 7.65. The van der Waals surface area contributed by atoms with Gasteiger partial charge in [-0.15, -0.1) is 0 Å². The molecule has 2 aromatic carbocycles. The number of nitrogen functional groups attached to an aromatic ring is 1. The van der Waals surface area contributed by atoms with Gasteiger partial charge in [-0.2, -0.15) is 0 Å². The molecule has 3 aromatic rings. The fraction of sp³-hybridized carbons (Fsp3) is 0.150. The second-order valence-electron chi connectivity index (χ2n) is 5.84. The molecule has 0 saturated heterocycles. The fourth-order valence-electron chi connectivity index (χ4n) is 2.90. The number of carbonyl (C=O) groups excluding carboxylic acids is 1. The first-order valence-corrected chi connectivity index (χ1v) is 7.65. The van der Waals surface area contributed by atoms with Crippen molar-refractivity contribution in [2.75, 3.05) is 5.73 Å². The van der Waals surface area contributed by atoms with Crippen LogP contribution >= 0.6 is 0 Å². The SMILES string of the molecule is Cc1cc(Cc2ccc(N)cc2)n(C)c1C(=O)c1ccccc1. The maximum atomic E-state index is 12.8. The summed E-state index contributed by atoms with van der Waals surface area (Å²) in [5.74, 6) is 0.0640. The van der Waals surface area contributed by atoms with Crippen LogP contribution in [0.2, 0.25) is 0 Å². The number of hydrogen-bond donors (Lipinski definition) is 1. The predicted molar refractivity (Wildman–Crippen MR) is 93.7 cm³/mol. The molecule has 2 N–H and O–H groups in total. The molecule has 0 fully saturated rings. The molecule has 1 aromatic heterocycles. The summed E-state index contributed by atoms with van der Waals surface area (Å²) >= 11 is 0. The summed E-state index contributed by atoms with van der Waals surface area (Å²) in [6.45, 7) is 1.99. The van der Waals surface area contributed by atoms with Crippen molar-refractivity contribution < 1.29 is 4.79 Å². The molecule has 3 heteroatoms. The van der Waals surface area contributed by atoms with Gasteiger partial charge in [-0.1, -0.05) is 42.5 Å². The van der Waals surface area contributed by atoms with Crippen LogP contribution in [0.15, 0.2) is 60.7 Å². The van der Waals surface area contributed by atoms with E-state index >= 15 is 0 Å². The minimum Gasteiger partial charge on any atom is -0.399 e. The lowest BCUT2D eigenvalue weighted by molar-refractivity contribution is 0.103. The van der Waals surface area contributed by atoms with E-state index < -0.39 is 0 Å². The summed E-state index contributed by atoms with van der Waals surface area (Å²) in [4.78, 5) is 12.8. The van der Waals surface area contributed by atoms with Crippen molar-refractivity contribution in [3.05, 3.63) is 88.7 Å². The Morgan fingerprint density at radius 2 is 1.70 bits per heavy atom. The Kier molecular flexibility index (Phi) is 4.02. The molecule has 0 aliphatic heterocycles. The maximum Gasteiger partial charge on any atom is 0.209 e. The van der Waals surface area contributed by atoms with Gasteiger partial charge in [-0.05, 0) is 36.2 Å². The Bertz CT molecular complexity index is 830. The molecule has 0 saturated carbocycles. The lowest BCUT2D eigenvalue weighted by Crippen LogP contribution is -2.10. The van der Waals surface area contributed by atoms with Gasteiger partial charge in [0.1, 0.15) is 0 Å². The monoisotopic (exact) mass is 304 g/mol. The molecule has 1 heterocycles. The van der Waals surface area contributed by atoms with Crippen LogP contribution in [0, 0.1) is 6.92 Å². The second kappa shape index (κ2) is 6.13. The van der Waals surface area contributed by atoms with Crippen molar-refractivity contribution in [1.82, 2.24) is 4.57 Å². The van der Waals surface area contributed by atoms with Crippen LogP contribution in [-0.4, -0.2) is 10.4 Å². The van der Waals surface area contributed by atoms with Gasteiger partial charge in [0.25, 0.3) is 0 Å². The van der Waals surface area contributed by atoms with E-state index in [1.54, 1.807) is 0 Å². The van der Waals surface area contributed by atoms with Crippen LogP contribution in [0.3, 0.4) is 0 Å². The van der Waals surface area contributed by atoms with Crippen LogP contribution in [0.1, 0.15) is 32.9 Å². The van der Waals surface area contributed by atoms with Gasteiger partial charge < -0.3 is 10.3 Å². The fourth-order valence-corrected chi connectivity index (χ4v) is 2.90. The Morgan fingerprint density at radius 1 is 1.04 bits per heavy atom. The van der Waals surface area contributed by atoms with Crippen LogP contribution in [0.25, 0.3) is 0 Å². The third kappa shape index (κ3) is 3.04. The zero-order valence-electron chi connectivity index (χ0n) is 13.4. The molecule has 0 unspecified atom stereocenters. The number of carbonyl (C=O) groups is 1. The molecule has 3 nitrogen and oxygen atoms in total. The molecule has 0 radical (unpaired) electrons. The normalized spacial score (nSPS) is 10.7. The van der Waals surface area contributed by atoms with Crippen molar-refractivity contribution >= 4 is 11.5 Å². The third-order valence-electron chi connectivity index (χ3n) is 4.14. The number of nitrogens with two attached hydrogens (primary N) is 1. The number of hydrogen-bond acceptors (Lipinski definition) is 2. The summed E-state index contributed by atoms with van der Waals surface area (Å²) in [5, 5.41) is 0. The smallest absolute Gasteiger partial charge is 0.209 e. The highest BCUT2D eigenvalue weighted by molar-refractivity contribution is 6.09. The number of anilines is 1. The molecule has 0 spiro atoms. The predicted octanol–water partition coefficient (Wildman–Crippen LogP) is 3.74. The minimum atomic E-state index is 0.0640. The maximum absolute atomic E-state index is 12.8. The molecule has 0 atom stereocenters. The molecule has 116 valence electrons. The summed E-state index contributed by atoms with van der Waals surface area (Å²) in [6.07, 6.45) is 0.777. The number of aromatic nitrogens is 1. The Hall–Kier alpha value is -2.81. The van der Waals surface area contributed by atoms with Crippen molar-refractivity contribution in [1.29, 1.82) is 0 Å². The van der Waals surface area contributed by atoms with E-state index in [0.29, 0.717) is 0 Å². The van der Waals surface area contributed by atoms with Crippen molar-refractivity contribution in [2.24, 2.45) is 7.05 Å². The zero-order valence-corrected chi connectivity index (χ0v) is 13.4. The van der Waals surface area contributed by atoms with Crippen molar-refractivity contribution in [2.45, 2.75) is 13.3 Å². The van der Waals surface area contributed by atoms with Crippen LogP contribution < -0.4 is 5.73 Å². The van der Waals surface area contributed by atoms with Crippen molar-refractivity contribution in [3.8, 4) is 0 Å². The van der Waals surface area contributed by atoms with Gasteiger partial charge in [-0.3, -0.25) is 4.79 Å². The van der Waals surface area contributed by atoms with Crippen LogP contribution in [0.5, 0.6) is 0 Å². The minimum absolute atomic E-state index is 0.0640. The highest BCUT2D eigenvalue weighted by Gasteiger charge is 2.18. The van der Waals surface area contributed by atoms with Gasteiger partial charge >= 0.3 is 0 Å². The van der Waals surface area contributed by atoms with Gasteiger partial charge in [-0.25, -0.2) is 0 Å². The van der Waals surface area contributed by atoms with E-state index in [9.17, 15) is 4.79 Å². The lowest BCUT2D eigenvalue weighted by Gasteiger charge is -2.08. The highest BCUT2D eigenvalue weighted by Crippen LogP contribution is 2.21. The largest absolute Gasteiger partial charge is 0.399 e. The molecule has 0 aliphatic rings. The Balaban J connectivity index is 1.93. The molecule has 3 rings (SSSR count). The summed E-state index contributed by atoms with van der Waals surface area (Å²) in [5.41, 5.74) is 11.3. The number of nitrogens with zero attached hydrogens (tertiary/aromatic N) is 1. The first-order chi connectivity index (χ1) is 11.1. The first kappa shape index (κ1) is 15.1. The molecular formula is C20H20N2O. The standard InChI is InChI=1S/C20H20N2O/c1-14-12-18(13-15-8-10-17(21)11-9-15)22(2)19(14)20(23)16-6-4-3-5-7-16/h3-12H,13,21H2,1-2H3. The topological polar surface area (TPSA) is 48.0 Å². The number of ketones is 1. The van der Waals surface area contributed by atoms with Gasteiger partial charge in [0.15, 0.2) is 0 Å². The summed E-state index contributed by atoms with van der Waals surface area (Å²) in [7, 11) is 1.95. The average molecular weight is 304 g/mol. The van der Waals surface area contributed by atoms with Crippen molar-refractivity contribution in [3.63, 3.8) is 0 Å². The zero-order chi connectivity index (χ0) is 16.4. The van der Waals surface area contributed by atoms with Gasteiger partial charge in [0.2, 0.25) is 5.78 Å². The molecule has 23 heavy (non-hydrogen) atoms. The van der Waals surface area contributed by atoms with Crippen LogP contribution in [0.4, 0.5) is 5.69 Å². The molecule has 0 aliphatic carbocycles.